The first-order chi connectivity index (χ1) is 8.28. The molecule has 0 rings (SSSR count). The number of hydrogen-bond acceptors (Lipinski definition) is 4. The molecule has 0 unspecified atom stereocenters. The van der Waals surface area contributed by atoms with Crippen molar-refractivity contribution in [2.45, 2.75) is 78.4 Å². The summed E-state index contributed by atoms with van der Waals surface area (Å²) in [6.45, 7) is 9.94. The molecule has 0 heterocycles. The fraction of sp³-hybridized carbons (Fsp3) is 0.867. The average Bonchev–Trinajstić information content (AvgIpc) is 2.11. The van der Waals surface area contributed by atoms with Gasteiger partial charge in [0.2, 0.25) is 0 Å². The molecule has 112 valence electrons. The predicted octanol–water partition coefficient (Wildman–Crippen LogP) is 2.25. The van der Waals surface area contributed by atoms with Crippen LogP contribution in [0.1, 0.15) is 67.2 Å². The van der Waals surface area contributed by atoms with Gasteiger partial charge in [-0.15, -0.1) is 0 Å². The lowest BCUT2D eigenvalue weighted by Gasteiger charge is -2.32. The molecule has 0 amide bonds. The fourth-order valence-corrected chi connectivity index (χ4v) is 2.21. The van der Waals surface area contributed by atoms with E-state index in [1.165, 1.54) is 6.92 Å². The molecular weight excluding hydrogens is 244 g/mol. The van der Waals surface area contributed by atoms with Gasteiger partial charge < -0.3 is 10.2 Å². The van der Waals surface area contributed by atoms with E-state index in [0.717, 1.165) is 0 Å². The summed E-state index contributed by atoms with van der Waals surface area (Å²) in [5.41, 5.74) is -3.14. The Morgan fingerprint density at radius 3 is 1.74 bits per heavy atom. The van der Waals surface area contributed by atoms with Gasteiger partial charge in [-0.2, -0.15) is 0 Å². The van der Waals surface area contributed by atoms with Crippen molar-refractivity contribution in [1.82, 2.24) is 0 Å². The SMILES string of the molecule is CC(=O)C[C@](O)(CCCC(C)(C)O)C(=O)C(C)(C)C. The minimum absolute atomic E-state index is 0.158. The maximum Gasteiger partial charge on any atom is 0.170 e. The molecule has 4 nitrogen and oxygen atoms in total. The lowest BCUT2D eigenvalue weighted by atomic mass is 9.75. The van der Waals surface area contributed by atoms with Gasteiger partial charge in [0.15, 0.2) is 5.78 Å². The van der Waals surface area contributed by atoms with Crippen LogP contribution in [-0.2, 0) is 9.59 Å². The highest BCUT2D eigenvalue weighted by Crippen LogP contribution is 2.30. The van der Waals surface area contributed by atoms with Crippen LogP contribution in [0.15, 0.2) is 0 Å². The molecule has 0 saturated heterocycles. The Hall–Kier alpha value is -0.740. The van der Waals surface area contributed by atoms with Crippen molar-refractivity contribution in [3.63, 3.8) is 0 Å². The van der Waals surface area contributed by atoms with E-state index in [2.05, 4.69) is 0 Å². The molecule has 0 spiro atoms. The molecule has 0 aliphatic carbocycles. The van der Waals surface area contributed by atoms with E-state index in [1.54, 1.807) is 34.6 Å². The molecular formula is C15H28O4. The molecule has 0 aromatic rings. The Balaban J connectivity index is 4.89. The van der Waals surface area contributed by atoms with Crippen molar-refractivity contribution in [3.05, 3.63) is 0 Å². The van der Waals surface area contributed by atoms with Crippen molar-refractivity contribution >= 4 is 11.6 Å². The quantitative estimate of drug-likeness (QED) is 0.745. The number of Topliss-reactive ketones (excluding diaryl/α,β-unsaturated/α-hetero) is 2. The molecule has 0 aromatic heterocycles. The van der Waals surface area contributed by atoms with Crippen molar-refractivity contribution < 1.29 is 19.8 Å². The van der Waals surface area contributed by atoms with Gasteiger partial charge in [0.25, 0.3) is 0 Å². The summed E-state index contributed by atoms with van der Waals surface area (Å²) >= 11 is 0. The van der Waals surface area contributed by atoms with Crippen molar-refractivity contribution in [1.29, 1.82) is 0 Å². The second-order valence-electron chi connectivity index (χ2n) is 7.16. The van der Waals surface area contributed by atoms with Crippen molar-refractivity contribution in [3.8, 4) is 0 Å². The first kappa shape index (κ1) is 18.3. The monoisotopic (exact) mass is 272 g/mol. The van der Waals surface area contributed by atoms with E-state index >= 15 is 0 Å². The first-order valence-corrected chi connectivity index (χ1v) is 6.77. The van der Waals surface area contributed by atoms with E-state index in [1.807, 2.05) is 0 Å². The topological polar surface area (TPSA) is 74.6 Å². The number of hydrogen-bond donors (Lipinski definition) is 2. The van der Waals surface area contributed by atoms with Crippen LogP contribution in [0.25, 0.3) is 0 Å². The summed E-state index contributed by atoms with van der Waals surface area (Å²) in [7, 11) is 0. The minimum atomic E-state index is -1.62. The Labute approximate surface area is 116 Å². The summed E-state index contributed by atoms with van der Waals surface area (Å²) in [5, 5.41) is 20.2. The Morgan fingerprint density at radius 1 is 0.947 bits per heavy atom. The van der Waals surface area contributed by atoms with E-state index in [-0.39, 0.29) is 24.4 Å². The molecule has 19 heavy (non-hydrogen) atoms. The lowest BCUT2D eigenvalue weighted by molar-refractivity contribution is -0.150. The molecule has 0 saturated carbocycles. The van der Waals surface area contributed by atoms with Crippen LogP contribution in [0, 0.1) is 5.41 Å². The Morgan fingerprint density at radius 2 is 1.42 bits per heavy atom. The molecule has 0 bridgehead atoms. The third-order valence-electron chi connectivity index (χ3n) is 3.02. The molecule has 2 N–H and O–H groups in total. The zero-order valence-corrected chi connectivity index (χ0v) is 13.0. The highest BCUT2D eigenvalue weighted by atomic mass is 16.3. The standard InChI is InChI=1S/C15H28O4/c1-11(16)10-15(19,12(17)13(2,3)4)9-7-8-14(5,6)18/h18-19H,7-10H2,1-6H3/t15-/m1/s1. The zero-order chi connectivity index (χ0) is 15.5. The molecule has 4 heteroatoms. The van der Waals surface area contributed by atoms with E-state index in [4.69, 9.17) is 0 Å². The van der Waals surface area contributed by atoms with Gasteiger partial charge in [-0.1, -0.05) is 20.8 Å². The minimum Gasteiger partial charge on any atom is -0.390 e. The van der Waals surface area contributed by atoms with E-state index in [0.29, 0.717) is 12.8 Å². The molecule has 1 atom stereocenters. The molecule has 0 fully saturated rings. The lowest BCUT2D eigenvalue weighted by Crippen LogP contribution is -2.47. The summed E-state index contributed by atoms with van der Waals surface area (Å²) in [6.07, 6.45) is 1.02. The molecule has 0 aliphatic rings. The maximum atomic E-state index is 12.3. The predicted molar refractivity (Wildman–Crippen MR) is 74.9 cm³/mol. The van der Waals surface area contributed by atoms with Gasteiger partial charge >= 0.3 is 0 Å². The van der Waals surface area contributed by atoms with Crippen LogP contribution in [0.4, 0.5) is 0 Å². The smallest absolute Gasteiger partial charge is 0.170 e. The number of ketones is 2. The Bertz CT molecular complexity index is 333. The number of carbonyl (C=O) groups is 2. The largest absolute Gasteiger partial charge is 0.390 e. The highest BCUT2D eigenvalue weighted by molar-refractivity contribution is 5.95. The van der Waals surface area contributed by atoms with Crippen LogP contribution in [0.5, 0.6) is 0 Å². The van der Waals surface area contributed by atoms with Crippen molar-refractivity contribution in [2.24, 2.45) is 5.41 Å². The van der Waals surface area contributed by atoms with Gasteiger partial charge in [0.1, 0.15) is 11.4 Å². The van der Waals surface area contributed by atoms with Gasteiger partial charge in [-0.05, 0) is 40.0 Å². The summed E-state index contributed by atoms with van der Waals surface area (Å²) in [6, 6.07) is 0. The summed E-state index contributed by atoms with van der Waals surface area (Å²) in [4.78, 5) is 23.6. The van der Waals surface area contributed by atoms with Crippen LogP contribution >= 0.6 is 0 Å². The highest BCUT2D eigenvalue weighted by Gasteiger charge is 2.42. The van der Waals surface area contributed by atoms with Gasteiger partial charge in [-0.25, -0.2) is 0 Å². The average molecular weight is 272 g/mol. The number of rotatable bonds is 7. The number of carbonyl (C=O) groups excluding carboxylic acids is 2. The molecule has 0 aliphatic heterocycles. The van der Waals surface area contributed by atoms with E-state index in [9.17, 15) is 19.8 Å². The van der Waals surface area contributed by atoms with Gasteiger partial charge in [0.05, 0.1) is 5.60 Å². The van der Waals surface area contributed by atoms with Crippen LogP contribution in [0.3, 0.4) is 0 Å². The second-order valence-corrected chi connectivity index (χ2v) is 7.16. The third-order valence-corrected chi connectivity index (χ3v) is 3.02. The Kier molecular flexibility index (Phi) is 5.90. The molecule has 0 aromatic carbocycles. The first-order valence-electron chi connectivity index (χ1n) is 6.77. The molecule has 0 radical (unpaired) electrons. The van der Waals surface area contributed by atoms with E-state index < -0.39 is 16.6 Å². The van der Waals surface area contributed by atoms with Crippen LogP contribution in [0.2, 0.25) is 0 Å². The summed E-state index contributed by atoms with van der Waals surface area (Å²) < 4.78 is 0. The number of aliphatic hydroxyl groups is 2. The van der Waals surface area contributed by atoms with Gasteiger partial charge in [-0.3, -0.25) is 9.59 Å². The van der Waals surface area contributed by atoms with Crippen LogP contribution in [-0.4, -0.2) is 33.0 Å². The van der Waals surface area contributed by atoms with Crippen molar-refractivity contribution in [2.75, 3.05) is 0 Å². The second kappa shape index (κ2) is 6.14. The maximum absolute atomic E-state index is 12.3. The third kappa shape index (κ3) is 6.83. The summed E-state index contributed by atoms with van der Waals surface area (Å²) in [5.74, 6) is -0.519. The zero-order valence-electron chi connectivity index (χ0n) is 13.0. The van der Waals surface area contributed by atoms with Gasteiger partial charge in [0, 0.05) is 11.8 Å². The fourth-order valence-electron chi connectivity index (χ4n) is 2.21. The van der Waals surface area contributed by atoms with Crippen LogP contribution < -0.4 is 0 Å². The normalized spacial score (nSPS) is 16.0.